The molecule has 1 fully saturated rings. The molecule has 1 aromatic heterocycles. The predicted octanol–water partition coefficient (Wildman–Crippen LogP) is 3.53. The molecule has 29 heavy (non-hydrogen) atoms. The molecule has 1 aliphatic heterocycles. The smallest absolute Gasteiger partial charge is 0.336 e. The maximum Gasteiger partial charge on any atom is 0.336 e. The van der Waals surface area contributed by atoms with Gasteiger partial charge in [-0.05, 0) is 48.4 Å². The first-order valence-corrected chi connectivity index (χ1v) is 9.62. The van der Waals surface area contributed by atoms with Crippen molar-refractivity contribution in [3.05, 3.63) is 74.6 Å². The standard InChI is InChI=1S/C21H17BrN2O5/c1-21(13-3-6-15(28-2)7-4-13)19(26)24(20(27)23-21)11-12-9-18(25)29-17-10-14(22)5-8-16(12)17/h3-10H,11H2,1-2H3,(H,23,27). The number of imide groups is 1. The molecule has 3 aromatic rings. The van der Waals surface area contributed by atoms with Crippen molar-refractivity contribution in [1.29, 1.82) is 0 Å². The summed E-state index contributed by atoms with van der Waals surface area (Å²) in [5, 5.41) is 3.42. The van der Waals surface area contributed by atoms with E-state index in [1.165, 1.54) is 6.07 Å². The highest BCUT2D eigenvalue weighted by molar-refractivity contribution is 9.10. The lowest BCUT2D eigenvalue weighted by Crippen LogP contribution is -2.40. The number of nitrogens with zero attached hydrogens (tertiary/aromatic N) is 1. The van der Waals surface area contributed by atoms with Gasteiger partial charge in [-0.25, -0.2) is 9.59 Å². The Bertz CT molecular complexity index is 1190. The molecule has 3 amide bonds. The van der Waals surface area contributed by atoms with Crippen molar-refractivity contribution in [1.82, 2.24) is 10.2 Å². The Morgan fingerprint density at radius 1 is 1.10 bits per heavy atom. The van der Waals surface area contributed by atoms with Gasteiger partial charge in [0.25, 0.3) is 5.91 Å². The zero-order valence-electron chi connectivity index (χ0n) is 15.7. The van der Waals surface area contributed by atoms with Crippen LogP contribution in [-0.2, 0) is 16.9 Å². The van der Waals surface area contributed by atoms with Crippen LogP contribution in [0.15, 0.2) is 62.2 Å². The number of urea groups is 1. The molecular weight excluding hydrogens is 440 g/mol. The molecule has 1 N–H and O–H groups in total. The molecule has 148 valence electrons. The summed E-state index contributed by atoms with van der Waals surface area (Å²) in [6.07, 6.45) is 0. The van der Waals surface area contributed by atoms with Gasteiger partial charge in [0, 0.05) is 15.9 Å². The van der Waals surface area contributed by atoms with Crippen LogP contribution >= 0.6 is 15.9 Å². The number of fused-ring (bicyclic) bond motifs is 1. The Labute approximate surface area is 174 Å². The lowest BCUT2D eigenvalue weighted by atomic mass is 9.92. The molecule has 8 heteroatoms. The van der Waals surface area contributed by atoms with Crippen molar-refractivity contribution in [3.8, 4) is 5.75 Å². The number of rotatable bonds is 4. The van der Waals surface area contributed by atoms with Gasteiger partial charge in [-0.3, -0.25) is 9.69 Å². The number of carbonyl (C=O) groups is 2. The van der Waals surface area contributed by atoms with Gasteiger partial charge in [-0.2, -0.15) is 0 Å². The molecule has 1 aliphatic rings. The van der Waals surface area contributed by atoms with Crippen molar-refractivity contribution in [2.45, 2.75) is 19.0 Å². The van der Waals surface area contributed by atoms with Crippen LogP contribution in [0.3, 0.4) is 0 Å². The Morgan fingerprint density at radius 3 is 2.52 bits per heavy atom. The summed E-state index contributed by atoms with van der Waals surface area (Å²) >= 11 is 3.34. The number of hydrogen-bond donors (Lipinski definition) is 1. The third-order valence-corrected chi connectivity index (χ3v) is 5.56. The van der Waals surface area contributed by atoms with E-state index in [2.05, 4.69) is 21.2 Å². The summed E-state index contributed by atoms with van der Waals surface area (Å²) in [6, 6.07) is 13.0. The third-order valence-electron chi connectivity index (χ3n) is 5.06. The number of benzene rings is 2. The van der Waals surface area contributed by atoms with Crippen molar-refractivity contribution >= 4 is 38.8 Å². The van der Waals surface area contributed by atoms with Crippen LogP contribution in [0.25, 0.3) is 11.0 Å². The van der Waals surface area contributed by atoms with Crippen LogP contribution in [0, 0.1) is 0 Å². The number of amides is 3. The summed E-state index contributed by atoms with van der Waals surface area (Å²) in [4.78, 5) is 38.9. The van der Waals surface area contributed by atoms with E-state index in [1.807, 2.05) is 0 Å². The molecule has 1 unspecified atom stereocenters. The molecule has 2 heterocycles. The van der Waals surface area contributed by atoms with E-state index in [9.17, 15) is 14.4 Å². The van der Waals surface area contributed by atoms with Gasteiger partial charge < -0.3 is 14.5 Å². The van der Waals surface area contributed by atoms with Gasteiger partial charge in [0.1, 0.15) is 16.9 Å². The van der Waals surface area contributed by atoms with Gasteiger partial charge in [0.15, 0.2) is 0 Å². The second kappa shape index (κ2) is 7.04. The normalized spacial score (nSPS) is 18.9. The van der Waals surface area contributed by atoms with Gasteiger partial charge in [-0.1, -0.05) is 28.1 Å². The van der Waals surface area contributed by atoms with E-state index in [0.717, 1.165) is 9.37 Å². The van der Waals surface area contributed by atoms with Crippen molar-refractivity contribution in [2.24, 2.45) is 0 Å². The van der Waals surface area contributed by atoms with Gasteiger partial charge >= 0.3 is 11.7 Å². The lowest BCUT2D eigenvalue weighted by Gasteiger charge is -2.22. The minimum atomic E-state index is -1.21. The maximum absolute atomic E-state index is 13.2. The van der Waals surface area contributed by atoms with Crippen molar-refractivity contribution in [2.75, 3.05) is 7.11 Å². The van der Waals surface area contributed by atoms with E-state index in [4.69, 9.17) is 9.15 Å². The number of carbonyl (C=O) groups excluding carboxylic acids is 2. The third kappa shape index (κ3) is 3.29. The fourth-order valence-corrected chi connectivity index (χ4v) is 3.81. The molecule has 0 spiro atoms. The Balaban J connectivity index is 1.70. The second-order valence-corrected chi connectivity index (χ2v) is 7.82. The minimum absolute atomic E-state index is 0.0415. The number of methoxy groups -OCH3 is 1. The van der Waals surface area contributed by atoms with Crippen LogP contribution in [0.2, 0.25) is 0 Å². The van der Waals surface area contributed by atoms with Crippen LogP contribution in [0.4, 0.5) is 4.79 Å². The Kier molecular flexibility index (Phi) is 4.66. The largest absolute Gasteiger partial charge is 0.497 e. The molecule has 0 radical (unpaired) electrons. The lowest BCUT2D eigenvalue weighted by molar-refractivity contribution is -0.131. The summed E-state index contributed by atoms with van der Waals surface area (Å²) in [6.45, 7) is 1.61. The molecule has 7 nitrogen and oxygen atoms in total. The summed E-state index contributed by atoms with van der Waals surface area (Å²) in [5.74, 6) is 0.255. The van der Waals surface area contributed by atoms with E-state index in [0.29, 0.717) is 27.8 Å². The summed E-state index contributed by atoms with van der Waals surface area (Å²) in [5.41, 5.74) is -0.198. The number of nitrogens with one attached hydrogen (secondary N) is 1. The fourth-order valence-electron chi connectivity index (χ4n) is 3.47. The van der Waals surface area contributed by atoms with Gasteiger partial charge in [-0.15, -0.1) is 0 Å². The van der Waals surface area contributed by atoms with E-state index in [-0.39, 0.29) is 6.54 Å². The molecule has 0 bridgehead atoms. The molecule has 1 saturated heterocycles. The molecule has 4 rings (SSSR count). The Hall–Kier alpha value is -3.13. The number of ether oxygens (including phenoxy) is 1. The highest BCUT2D eigenvalue weighted by Crippen LogP contribution is 2.32. The van der Waals surface area contributed by atoms with E-state index >= 15 is 0 Å². The van der Waals surface area contributed by atoms with Gasteiger partial charge in [0.2, 0.25) is 0 Å². The molecule has 2 aromatic carbocycles. The summed E-state index contributed by atoms with van der Waals surface area (Å²) < 4.78 is 11.1. The number of hydrogen-bond acceptors (Lipinski definition) is 5. The number of halogens is 1. The topological polar surface area (TPSA) is 88.8 Å². The highest BCUT2D eigenvalue weighted by Gasteiger charge is 2.49. The monoisotopic (exact) mass is 456 g/mol. The average Bonchev–Trinajstić information content (AvgIpc) is 2.91. The molecule has 1 atom stereocenters. The van der Waals surface area contributed by atoms with Crippen LogP contribution in [0.1, 0.15) is 18.1 Å². The first-order valence-electron chi connectivity index (χ1n) is 8.83. The van der Waals surface area contributed by atoms with Crippen LogP contribution in [0.5, 0.6) is 5.75 Å². The van der Waals surface area contributed by atoms with E-state index < -0.39 is 23.1 Å². The second-order valence-electron chi connectivity index (χ2n) is 6.91. The van der Waals surface area contributed by atoms with Crippen LogP contribution < -0.4 is 15.7 Å². The zero-order chi connectivity index (χ0) is 20.8. The highest BCUT2D eigenvalue weighted by atomic mass is 79.9. The average molecular weight is 457 g/mol. The van der Waals surface area contributed by atoms with Crippen LogP contribution in [-0.4, -0.2) is 23.9 Å². The minimum Gasteiger partial charge on any atom is -0.497 e. The zero-order valence-corrected chi connectivity index (χ0v) is 17.3. The van der Waals surface area contributed by atoms with Gasteiger partial charge in [0.05, 0.1) is 13.7 Å². The van der Waals surface area contributed by atoms with Crippen molar-refractivity contribution < 1.29 is 18.7 Å². The maximum atomic E-state index is 13.2. The molecular formula is C21H17BrN2O5. The SMILES string of the molecule is COc1ccc(C2(C)NC(=O)N(Cc3cc(=O)oc4cc(Br)ccc34)C2=O)cc1. The Morgan fingerprint density at radius 2 is 1.83 bits per heavy atom. The fraction of sp³-hybridized carbons (Fsp3) is 0.190. The summed E-state index contributed by atoms with van der Waals surface area (Å²) in [7, 11) is 1.56. The quantitative estimate of drug-likeness (QED) is 0.479. The first kappa shape index (κ1) is 19.2. The van der Waals surface area contributed by atoms with Crippen molar-refractivity contribution in [3.63, 3.8) is 0 Å². The first-order chi connectivity index (χ1) is 13.8. The molecule has 0 saturated carbocycles. The molecule has 0 aliphatic carbocycles. The van der Waals surface area contributed by atoms with E-state index in [1.54, 1.807) is 56.5 Å². The predicted molar refractivity (Wildman–Crippen MR) is 110 cm³/mol.